The highest BCUT2D eigenvalue weighted by molar-refractivity contribution is 6.76. The Kier molecular flexibility index (Phi) is 7.38. The minimum Gasteiger partial charge on any atom is -0.462 e. The van der Waals surface area contributed by atoms with Gasteiger partial charge >= 0.3 is 5.97 Å². The van der Waals surface area contributed by atoms with Crippen LogP contribution in [0, 0.1) is 10.1 Å². The van der Waals surface area contributed by atoms with Crippen molar-refractivity contribution in [2.45, 2.75) is 45.6 Å². The Morgan fingerprint density at radius 3 is 2.52 bits per heavy atom. The molecule has 0 heterocycles. The fourth-order valence-corrected chi connectivity index (χ4v) is 2.58. The minimum atomic E-state index is -1.28. The maximum Gasteiger partial charge on any atom is 0.338 e. The number of hydrogen-bond acceptors (Lipinski definition) is 5. The van der Waals surface area contributed by atoms with E-state index in [1.165, 1.54) is 18.2 Å². The summed E-state index contributed by atoms with van der Waals surface area (Å²) in [6.45, 7) is 9.66. The number of esters is 1. The van der Waals surface area contributed by atoms with Crippen LogP contribution in [-0.4, -0.2) is 32.2 Å². The fraction of sp³-hybridized carbons (Fsp3) is 0.562. The van der Waals surface area contributed by atoms with Crippen molar-refractivity contribution < 1.29 is 19.2 Å². The summed E-state index contributed by atoms with van der Waals surface area (Å²) in [5.74, 6) is -0.451. The van der Waals surface area contributed by atoms with E-state index in [1.807, 2.05) is 6.92 Å². The molecule has 1 aromatic carbocycles. The zero-order chi connectivity index (χ0) is 17.5. The van der Waals surface area contributed by atoms with Crippen molar-refractivity contribution >= 4 is 19.7 Å². The summed E-state index contributed by atoms with van der Waals surface area (Å²) in [7, 11) is -1.28. The molecule has 0 atom stereocenters. The first-order valence-electron chi connectivity index (χ1n) is 7.77. The van der Waals surface area contributed by atoms with Crippen molar-refractivity contribution in [1.29, 1.82) is 0 Å². The van der Waals surface area contributed by atoms with E-state index in [2.05, 4.69) is 19.6 Å². The van der Waals surface area contributed by atoms with Crippen LogP contribution in [-0.2, 0) is 16.1 Å². The molecule has 0 spiro atoms. The van der Waals surface area contributed by atoms with Crippen LogP contribution in [0.15, 0.2) is 18.2 Å². The molecule has 0 aliphatic carbocycles. The van der Waals surface area contributed by atoms with E-state index in [0.717, 1.165) is 12.5 Å². The van der Waals surface area contributed by atoms with Gasteiger partial charge in [-0.05, 0) is 24.1 Å². The second-order valence-electron chi connectivity index (χ2n) is 6.60. The SMILES string of the molecule is CCCOCc1cc([N+](=O)[O-])ccc1C(=O)OCC[Si](C)(C)C. The third-order valence-corrected chi connectivity index (χ3v) is 4.91. The molecule has 0 bridgehead atoms. The molecule has 0 amide bonds. The molecular formula is C16H25NO5Si. The maximum absolute atomic E-state index is 12.2. The van der Waals surface area contributed by atoms with Crippen molar-refractivity contribution in [1.82, 2.24) is 0 Å². The van der Waals surface area contributed by atoms with Crippen molar-refractivity contribution in [2.75, 3.05) is 13.2 Å². The highest BCUT2D eigenvalue weighted by atomic mass is 28.3. The van der Waals surface area contributed by atoms with Crippen LogP contribution in [0.1, 0.15) is 29.3 Å². The lowest BCUT2D eigenvalue weighted by Crippen LogP contribution is -2.23. The molecule has 0 aromatic heterocycles. The molecule has 0 saturated carbocycles. The topological polar surface area (TPSA) is 78.7 Å². The first kappa shape index (κ1) is 19.3. The molecule has 128 valence electrons. The Hall–Kier alpha value is -1.73. The molecule has 23 heavy (non-hydrogen) atoms. The lowest BCUT2D eigenvalue weighted by atomic mass is 10.1. The standard InChI is InChI=1S/C16H25NO5Si/c1-5-8-21-12-13-11-14(17(19)20)6-7-15(13)16(18)22-9-10-23(2,3)4/h6-7,11H,5,8-10,12H2,1-4H3. The largest absolute Gasteiger partial charge is 0.462 e. The third kappa shape index (κ3) is 6.92. The molecule has 0 aliphatic rings. The Morgan fingerprint density at radius 2 is 1.96 bits per heavy atom. The van der Waals surface area contributed by atoms with E-state index in [4.69, 9.17) is 9.47 Å². The first-order valence-corrected chi connectivity index (χ1v) is 11.5. The molecule has 0 N–H and O–H groups in total. The zero-order valence-corrected chi connectivity index (χ0v) is 15.3. The summed E-state index contributed by atoms with van der Waals surface area (Å²) in [6, 6.07) is 5.02. The molecule has 0 aliphatic heterocycles. The van der Waals surface area contributed by atoms with E-state index in [0.29, 0.717) is 24.3 Å². The lowest BCUT2D eigenvalue weighted by molar-refractivity contribution is -0.385. The van der Waals surface area contributed by atoms with Crippen LogP contribution in [0.3, 0.4) is 0 Å². The smallest absolute Gasteiger partial charge is 0.338 e. The van der Waals surface area contributed by atoms with Crippen LogP contribution in [0.4, 0.5) is 5.69 Å². The van der Waals surface area contributed by atoms with Gasteiger partial charge in [0.05, 0.1) is 23.7 Å². The number of non-ortho nitro benzene ring substituents is 1. The normalized spacial score (nSPS) is 11.3. The van der Waals surface area contributed by atoms with Crippen molar-refractivity contribution in [3.05, 3.63) is 39.4 Å². The van der Waals surface area contributed by atoms with Gasteiger partial charge in [0.1, 0.15) is 0 Å². The Morgan fingerprint density at radius 1 is 1.26 bits per heavy atom. The molecule has 1 rings (SSSR count). The second-order valence-corrected chi connectivity index (χ2v) is 12.2. The van der Waals surface area contributed by atoms with Gasteiger partial charge in [-0.2, -0.15) is 0 Å². The predicted octanol–water partition coefficient (Wildman–Crippen LogP) is 4.02. The average Bonchev–Trinajstić information content (AvgIpc) is 2.45. The lowest BCUT2D eigenvalue weighted by Gasteiger charge is -2.16. The maximum atomic E-state index is 12.2. The van der Waals surface area contributed by atoms with Gasteiger partial charge in [0.25, 0.3) is 5.69 Å². The van der Waals surface area contributed by atoms with Gasteiger partial charge in [0.2, 0.25) is 0 Å². The number of nitrogens with zero attached hydrogens (tertiary/aromatic N) is 1. The van der Waals surface area contributed by atoms with Crippen molar-refractivity contribution in [3.63, 3.8) is 0 Å². The van der Waals surface area contributed by atoms with E-state index >= 15 is 0 Å². The zero-order valence-electron chi connectivity index (χ0n) is 14.3. The second kappa shape index (κ2) is 8.78. The predicted molar refractivity (Wildman–Crippen MR) is 91.5 cm³/mol. The van der Waals surface area contributed by atoms with E-state index in [1.54, 1.807) is 0 Å². The number of ether oxygens (including phenoxy) is 2. The molecule has 7 heteroatoms. The highest BCUT2D eigenvalue weighted by Crippen LogP contribution is 2.20. The van der Waals surface area contributed by atoms with Gasteiger partial charge < -0.3 is 9.47 Å². The van der Waals surface area contributed by atoms with Crippen LogP contribution in [0.2, 0.25) is 25.7 Å². The number of nitro benzene ring substituents is 1. The van der Waals surface area contributed by atoms with Crippen LogP contribution < -0.4 is 0 Å². The number of nitro groups is 1. The summed E-state index contributed by atoms with van der Waals surface area (Å²) in [5.41, 5.74) is 0.770. The van der Waals surface area contributed by atoms with Gasteiger partial charge in [-0.15, -0.1) is 0 Å². The Labute approximate surface area is 138 Å². The number of rotatable bonds is 9. The molecule has 0 radical (unpaired) electrons. The summed E-state index contributed by atoms with van der Waals surface area (Å²) in [5, 5.41) is 10.9. The quantitative estimate of drug-likeness (QED) is 0.223. The number of carbonyl (C=O) groups excluding carboxylic acids is 1. The number of hydrogen-bond donors (Lipinski definition) is 0. The van der Waals surface area contributed by atoms with Crippen LogP contribution in [0.25, 0.3) is 0 Å². The highest BCUT2D eigenvalue weighted by Gasteiger charge is 2.19. The van der Waals surface area contributed by atoms with E-state index in [-0.39, 0.29) is 12.3 Å². The third-order valence-electron chi connectivity index (χ3n) is 3.21. The molecule has 0 unspecified atom stereocenters. The average molecular weight is 339 g/mol. The Bertz CT molecular complexity index is 554. The van der Waals surface area contributed by atoms with Crippen molar-refractivity contribution in [2.24, 2.45) is 0 Å². The molecule has 1 aromatic rings. The summed E-state index contributed by atoms with van der Waals surface area (Å²) < 4.78 is 10.8. The van der Waals surface area contributed by atoms with Gasteiger partial charge in [-0.3, -0.25) is 10.1 Å². The number of carbonyl (C=O) groups is 1. The summed E-state index contributed by atoms with van der Waals surface area (Å²) in [6.07, 6.45) is 0.838. The fourth-order valence-electron chi connectivity index (χ4n) is 1.87. The van der Waals surface area contributed by atoms with Gasteiger partial charge in [-0.1, -0.05) is 26.6 Å². The van der Waals surface area contributed by atoms with Crippen LogP contribution in [0.5, 0.6) is 0 Å². The van der Waals surface area contributed by atoms with Gasteiger partial charge in [0.15, 0.2) is 0 Å². The first-order chi connectivity index (χ1) is 10.7. The monoisotopic (exact) mass is 339 g/mol. The van der Waals surface area contributed by atoms with Crippen LogP contribution >= 0.6 is 0 Å². The molecule has 6 nitrogen and oxygen atoms in total. The minimum absolute atomic E-state index is 0.0567. The van der Waals surface area contributed by atoms with Gasteiger partial charge in [-0.25, -0.2) is 4.79 Å². The summed E-state index contributed by atoms with van der Waals surface area (Å²) >= 11 is 0. The molecule has 0 saturated heterocycles. The Balaban J connectivity index is 2.85. The molecule has 0 fully saturated rings. The van der Waals surface area contributed by atoms with E-state index in [9.17, 15) is 14.9 Å². The molecular weight excluding hydrogens is 314 g/mol. The summed E-state index contributed by atoms with van der Waals surface area (Å²) in [4.78, 5) is 22.7. The van der Waals surface area contributed by atoms with Crippen molar-refractivity contribution in [3.8, 4) is 0 Å². The van der Waals surface area contributed by atoms with E-state index < -0.39 is 19.0 Å². The van der Waals surface area contributed by atoms with Gasteiger partial charge in [0, 0.05) is 26.8 Å². The number of benzene rings is 1.